The molecule has 96 valence electrons. The molecule has 6 heteroatoms. The first-order chi connectivity index (χ1) is 8.15. The fraction of sp³-hybridized carbons (Fsp3) is 0.167. The third-order valence-corrected chi connectivity index (χ3v) is 2.31. The van der Waals surface area contributed by atoms with Crippen molar-refractivity contribution in [2.75, 3.05) is 0 Å². The van der Waals surface area contributed by atoms with Gasteiger partial charge in [0.15, 0.2) is 0 Å². The molecular weight excluding hydrogens is 252 g/mol. The number of ether oxygens (including phenoxy) is 1. The summed E-state index contributed by atoms with van der Waals surface area (Å²) in [7, 11) is 1.86. The number of nitrogens with zero attached hydrogens (tertiary/aromatic N) is 2. The Morgan fingerprint density at radius 3 is 2.89 bits per heavy atom. The standard InChI is InChI=1S/C12H14N4O.ClH/c1-16-7-9(6-15-16)8-17-11-4-2-3-10(5-11)12(13)14;/h2-7H,8H2,1H3,(H3,13,14);1H. The van der Waals surface area contributed by atoms with Crippen molar-refractivity contribution in [2.24, 2.45) is 12.8 Å². The molecule has 2 aromatic rings. The molecule has 0 saturated carbocycles. The zero-order valence-electron chi connectivity index (χ0n) is 9.96. The molecule has 0 aliphatic carbocycles. The monoisotopic (exact) mass is 266 g/mol. The summed E-state index contributed by atoms with van der Waals surface area (Å²) in [5, 5.41) is 11.4. The van der Waals surface area contributed by atoms with Crippen molar-refractivity contribution in [2.45, 2.75) is 6.61 Å². The van der Waals surface area contributed by atoms with Crippen LogP contribution < -0.4 is 10.5 Å². The molecule has 0 radical (unpaired) electrons. The molecule has 18 heavy (non-hydrogen) atoms. The molecule has 0 saturated heterocycles. The minimum Gasteiger partial charge on any atom is -0.489 e. The lowest BCUT2D eigenvalue weighted by Gasteiger charge is -2.06. The van der Waals surface area contributed by atoms with Crippen LogP contribution in [0, 0.1) is 5.41 Å². The number of hydrogen-bond acceptors (Lipinski definition) is 3. The molecule has 0 atom stereocenters. The number of amidine groups is 1. The normalized spacial score (nSPS) is 9.61. The summed E-state index contributed by atoms with van der Waals surface area (Å²) in [4.78, 5) is 0. The molecule has 0 fully saturated rings. The second-order valence-electron chi connectivity index (χ2n) is 3.75. The molecule has 1 aromatic carbocycles. The summed E-state index contributed by atoms with van der Waals surface area (Å²) in [6, 6.07) is 7.18. The van der Waals surface area contributed by atoms with E-state index in [0.29, 0.717) is 17.9 Å². The summed E-state index contributed by atoms with van der Waals surface area (Å²) >= 11 is 0. The van der Waals surface area contributed by atoms with Crippen LogP contribution in [-0.2, 0) is 13.7 Å². The molecule has 1 aromatic heterocycles. The minimum atomic E-state index is 0. The second-order valence-corrected chi connectivity index (χ2v) is 3.75. The molecule has 0 aliphatic heterocycles. The molecular formula is C12H15ClN4O. The number of nitrogen functional groups attached to an aromatic ring is 1. The van der Waals surface area contributed by atoms with Gasteiger partial charge in [0.25, 0.3) is 0 Å². The van der Waals surface area contributed by atoms with Crippen LogP contribution in [0.5, 0.6) is 5.75 Å². The number of rotatable bonds is 4. The van der Waals surface area contributed by atoms with Gasteiger partial charge in [0.05, 0.1) is 6.20 Å². The van der Waals surface area contributed by atoms with Crippen molar-refractivity contribution < 1.29 is 4.74 Å². The van der Waals surface area contributed by atoms with Gasteiger partial charge in [-0.15, -0.1) is 12.4 Å². The second kappa shape index (κ2) is 6.07. The van der Waals surface area contributed by atoms with Crippen LogP contribution in [0.1, 0.15) is 11.1 Å². The molecule has 2 rings (SSSR count). The predicted molar refractivity (Wildman–Crippen MR) is 72.2 cm³/mol. The van der Waals surface area contributed by atoms with Crippen molar-refractivity contribution in [3.05, 3.63) is 47.8 Å². The van der Waals surface area contributed by atoms with Gasteiger partial charge in [-0.25, -0.2) is 0 Å². The van der Waals surface area contributed by atoms with Gasteiger partial charge in [-0.1, -0.05) is 12.1 Å². The van der Waals surface area contributed by atoms with E-state index in [1.54, 1.807) is 23.0 Å². The van der Waals surface area contributed by atoms with E-state index in [2.05, 4.69) is 5.10 Å². The first-order valence-electron chi connectivity index (χ1n) is 5.20. The molecule has 0 unspecified atom stereocenters. The molecule has 0 bridgehead atoms. The first kappa shape index (κ1) is 14.1. The van der Waals surface area contributed by atoms with Crippen LogP contribution in [0.25, 0.3) is 0 Å². The van der Waals surface area contributed by atoms with E-state index in [9.17, 15) is 0 Å². The van der Waals surface area contributed by atoms with Crippen molar-refractivity contribution >= 4 is 18.2 Å². The highest BCUT2D eigenvalue weighted by molar-refractivity contribution is 5.95. The third-order valence-electron chi connectivity index (χ3n) is 2.31. The van der Waals surface area contributed by atoms with E-state index in [-0.39, 0.29) is 18.2 Å². The Labute approximate surface area is 111 Å². The van der Waals surface area contributed by atoms with Crippen molar-refractivity contribution in [1.29, 1.82) is 5.41 Å². The lowest BCUT2D eigenvalue weighted by atomic mass is 10.2. The molecule has 1 heterocycles. The maximum absolute atomic E-state index is 7.34. The summed E-state index contributed by atoms with van der Waals surface area (Å²) in [5.41, 5.74) is 7.07. The van der Waals surface area contributed by atoms with Gasteiger partial charge in [-0.05, 0) is 12.1 Å². The van der Waals surface area contributed by atoms with E-state index >= 15 is 0 Å². The van der Waals surface area contributed by atoms with Crippen LogP contribution in [-0.4, -0.2) is 15.6 Å². The average molecular weight is 267 g/mol. The number of benzene rings is 1. The highest BCUT2D eigenvalue weighted by Crippen LogP contribution is 2.14. The number of halogens is 1. The van der Waals surface area contributed by atoms with E-state index in [4.69, 9.17) is 15.9 Å². The van der Waals surface area contributed by atoms with Gasteiger partial charge >= 0.3 is 0 Å². The Morgan fingerprint density at radius 2 is 2.28 bits per heavy atom. The van der Waals surface area contributed by atoms with Gasteiger partial charge in [-0.3, -0.25) is 10.1 Å². The maximum Gasteiger partial charge on any atom is 0.122 e. The van der Waals surface area contributed by atoms with Crippen molar-refractivity contribution in [3.8, 4) is 5.75 Å². The minimum absolute atomic E-state index is 0. The van der Waals surface area contributed by atoms with Gasteiger partial charge in [0.2, 0.25) is 0 Å². The molecule has 0 spiro atoms. The van der Waals surface area contributed by atoms with E-state index < -0.39 is 0 Å². The largest absolute Gasteiger partial charge is 0.489 e. The summed E-state index contributed by atoms with van der Waals surface area (Å²) < 4.78 is 7.32. The lowest BCUT2D eigenvalue weighted by molar-refractivity contribution is 0.306. The summed E-state index contributed by atoms with van der Waals surface area (Å²) in [6.07, 6.45) is 3.66. The number of nitrogens with one attached hydrogen (secondary N) is 1. The molecule has 3 N–H and O–H groups in total. The lowest BCUT2D eigenvalue weighted by Crippen LogP contribution is -2.10. The first-order valence-corrected chi connectivity index (χ1v) is 5.20. The van der Waals surface area contributed by atoms with Gasteiger partial charge < -0.3 is 10.5 Å². The van der Waals surface area contributed by atoms with Crippen molar-refractivity contribution in [3.63, 3.8) is 0 Å². The highest BCUT2D eigenvalue weighted by Gasteiger charge is 2.01. The third kappa shape index (κ3) is 3.49. The Balaban J connectivity index is 0.00000162. The Bertz CT molecular complexity index is 538. The average Bonchev–Trinajstić information content (AvgIpc) is 2.73. The van der Waals surface area contributed by atoms with Crippen LogP contribution in [0.4, 0.5) is 0 Å². The highest BCUT2D eigenvalue weighted by atomic mass is 35.5. The van der Waals surface area contributed by atoms with E-state index in [0.717, 1.165) is 5.56 Å². The fourth-order valence-electron chi connectivity index (χ4n) is 1.47. The number of aryl methyl sites for hydroxylation is 1. The Hall–Kier alpha value is -2.01. The van der Waals surface area contributed by atoms with Crippen LogP contribution in [0.15, 0.2) is 36.7 Å². The summed E-state index contributed by atoms with van der Waals surface area (Å²) in [6.45, 7) is 0.454. The van der Waals surface area contributed by atoms with Crippen LogP contribution in [0.2, 0.25) is 0 Å². The van der Waals surface area contributed by atoms with Gasteiger partial charge in [-0.2, -0.15) is 5.10 Å². The van der Waals surface area contributed by atoms with E-state index in [1.165, 1.54) is 0 Å². The SMILES string of the molecule is Cl.Cn1cc(COc2cccc(C(=N)N)c2)cn1. The fourth-order valence-corrected chi connectivity index (χ4v) is 1.47. The molecule has 5 nitrogen and oxygen atoms in total. The topological polar surface area (TPSA) is 76.9 Å². The smallest absolute Gasteiger partial charge is 0.122 e. The maximum atomic E-state index is 7.34. The Kier molecular flexibility index (Phi) is 4.74. The number of hydrogen-bond donors (Lipinski definition) is 2. The molecule has 0 aliphatic rings. The summed E-state index contributed by atoms with van der Waals surface area (Å²) in [5.74, 6) is 0.735. The van der Waals surface area contributed by atoms with Gasteiger partial charge in [0, 0.05) is 24.4 Å². The molecule has 0 amide bonds. The quantitative estimate of drug-likeness (QED) is 0.653. The predicted octanol–water partition coefficient (Wildman–Crippen LogP) is 1.70. The Morgan fingerprint density at radius 1 is 1.50 bits per heavy atom. The number of nitrogens with two attached hydrogens (primary N) is 1. The zero-order valence-corrected chi connectivity index (χ0v) is 10.8. The zero-order chi connectivity index (χ0) is 12.3. The number of aromatic nitrogens is 2. The van der Waals surface area contributed by atoms with E-state index in [1.807, 2.05) is 25.4 Å². The van der Waals surface area contributed by atoms with Crippen molar-refractivity contribution in [1.82, 2.24) is 9.78 Å². The van der Waals surface area contributed by atoms with Gasteiger partial charge in [0.1, 0.15) is 18.2 Å². The van der Waals surface area contributed by atoms with Crippen LogP contribution in [0.3, 0.4) is 0 Å². The van der Waals surface area contributed by atoms with Crippen LogP contribution >= 0.6 is 12.4 Å².